The lowest BCUT2D eigenvalue weighted by Gasteiger charge is -2.34. The molecule has 140 valence electrons. The number of hydrogen-bond acceptors (Lipinski definition) is 5. The maximum absolute atomic E-state index is 12.8. The molecule has 0 bridgehead atoms. The fraction of sp³-hybridized carbons (Fsp3) is 0.632. The number of nitrogens with zero attached hydrogens (tertiary/aromatic N) is 2. The summed E-state index contributed by atoms with van der Waals surface area (Å²) in [4.78, 5) is 17.1. The van der Waals surface area contributed by atoms with E-state index in [4.69, 9.17) is 25.8 Å². The smallest absolute Gasteiger partial charge is 0.231 e. The van der Waals surface area contributed by atoms with Crippen molar-refractivity contribution in [3.63, 3.8) is 0 Å². The number of hydrogen-bond donors (Lipinski definition) is 0. The minimum Gasteiger partial charge on any atom is -0.454 e. The second-order valence-corrected chi connectivity index (χ2v) is 8.38. The molecule has 0 aromatic heterocycles. The maximum atomic E-state index is 12.8. The van der Waals surface area contributed by atoms with Gasteiger partial charge < -0.3 is 19.1 Å². The Labute approximate surface area is 157 Å². The zero-order chi connectivity index (χ0) is 18.1. The van der Waals surface area contributed by atoms with Gasteiger partial charge in [0.15, 0.2) is 17.2 Å². The predicted octanol–water partition coefficient (Wildman–Crippen LogP) is 2.63. The second-order valence-electron chi connectivity index (χ2n) is 7.97. The van der Waals surface area contributed by atoms with E-state index in [0.29, 0.717) is 36.3 Å². The van der Waals surface area contributed by atoms with E-state index in [-0.39, 0.29) is 24.8 Å². The normalized spacial score (nSPS) is 32.6. The maximum Gasteiger partial charge on any atom is 0.231 e. The first-order chi connectivity index (χ1) is 12.5. The van der Waals surface area contributed by atoms with Gasteiger partial charge in [-0.1, -0.05) is 25.4 Å². The van der Waals surface area contributed by atoms with E-state index in [9.17, 15) is 4.79 Å². The summed E-state index contributed by atoms with van der Waals surface area (Å²) in [6.07, 6.45) is 1.38. The molecule has 0 aliphatic carbocycles. The van der Waals surface area contributed by atoms with Gasteiger partial charge in [0, 0.05) is 37.0 Å². The standard InChI is InChI=1S/C19H23ClN2O4/c1-11(2)14-9-26-19-3-4-21(17(19)7-18(23)22(14)19)8-12-5-15-16(6-13(12)20)25-10-24-15/h5-6,11,14,17H,3-4,7-10H2,1-2H3/t14-,17+,19-/m0/s1. The number of amides is 1. The topological polar surface area (TPSA) is 51.2 Å². The van der Waals surface area contributed by atoms with Crippen LogP contribution in [-0.2, 0) is 16.1 Å². The lowest BCUT2D eigenvalue weighted by atomic mass is 10.0. The molecule has 1 aromatic carbocycles. The molecule has 4 aliphatic heterocycles. The van der Waals surface area contributed by atoms with Crippen LogP contribution in [0, 0.1) is 5.92 Å². The number of halogens is 1. The molecule has 0 unspecified atom stereocenters. The number of fused-ring (bicyclic) bond motifs is 1. The third-order valence-corrected chi connectivity index (χ3v) is 6.64. The number of benzene rings is 1. The highest BCUT2D eigenvalue weighted by molar-refractivity contribution is 6.31. The molecule has 3 atom stereocenters. The fourth-order valence-corrected chi connectivity index (χ4v) is 5.16. The Morgan fingerprint density at radius 2 is 2.08 bits per heavy atom. The summed E-state index contributed by atoms with van der Waals surface area (Å²) in [5, 5.41) is 0.670. The summed E-state index contributed by atoms with van der Waals surface area (Å²) in [6, 6.07) is 4.04. The van der Waals surface area contributed by atoms with E-state index < -0.39 is 5.72 Å². The van der Waals surface area contributed by atoms with Crippen LogP contribution in [-0.4, -0.2) is 53.5 Å². The highest BCUT2D eigenvalue weighted by atomic mass is 35.5. The summed E-state index contributed by atoms with van der Waals surface area (Å²) >= 11 is 6.46. The summed E-state index contributed by atoms with van der Waals surface area (Å²) in [7, 11) is 0. The lowest BCUT2D eigenvalue weighted by molar-refractivity contribution is -0.139. The van der Waals surface area contributed by atoms with Crippen molar-refractivity contribution in [1.29, 1.82) is 0 Å². The summed E-state index contributed by atoms with van der Waals surface area (Å²) in [6.45, 7) is 6.76. The Hall–Kier alpha value is -1.50. The van der Waals surface area contributed by atoms with Crippen LogP contribution in [0.3, 0.4) is 0 Å². The summed E-state index contributed by atoms with van der Waals surface area (Å²) in [5.74, 6) is 2.04. The average molecular weight is 379 g/mol. The summed E-state index contributed by atoms with van der Waals surface area (Å²) < 4.78 is 17.2. The SMILES string of the molecule is CC(C)[C@@H]1CO[C@@]23CCN(Cc4cc5c(cc4Cl)OCO5)[C@@H]2CC(=O)N13. The molecule has 1 aromatic rings. The average Bonchev–Trinajstić information content (AvgIpc) is 3.31. The van der Waals surface area contributed by atoms with Crippen LogP contribution in [0.15, 0.2) is 12.1 Å². The Morgan fingerprint density at radius 3 is 2.85 bits per heavy atom. The van der Waals surface area contributed by atoms with E-state index >= 15 is 0 Å². The van der Waals surface area contributed by atoms with Gasteiger partial charge in [0.1, 0.15) is 0 Å². The van der Waals surface area contributed by atoms with Gasteiger partial charge in [-0.25, -0.2) is 0 Å². The van der Waals surface area contributed by atoms with Gasteiger partial charge >= 0.3 is 0 Å². The van der Waals surface area contributed by atoms with E-state index in [1.54, 1.807) is 0 Å². The molecule has 1 spiro atoms. The number of carbonyl (C=O) groups is 1. The van der Waals surface area contributed by atoms with Gasteiger partial charge in [0.05, 0.1) is 18.7 Å². The van der Waals surface area contributed by atoms with Gasteiger partial charge in [0.25, 0.3) is 0 Å². The molecule has 1 amide bonds. The van der Waals surface area contributed by atoms with Crippen molar-refractivity contribution in [2.45, 2.75) is 51.0 Å². The van der Waals surface area contributed by atoms with Crippen LogP contribution in [0.5, 0.6) is 11.5 Å². The molecular weight excluding hydrogens is 356 g/mol. The predicted molar refractivity (Wildman–Crippen MR) is 95.2 cm³/mol. The number of carbonyl (C=O) groups excluding carboxylic acids is 1. The molecule has 4 heterocycles. The minimum atomic E-state index is -0.450. The number of ether oxygens (including phenoxy) is 3. The molecule has 7 heteroatoms. The first-order valence-corrected chi connectivity index (χ1v) is 9.65. The molecule has 6 nitrogen and oxygen atoms in total. The second kappa shape index (κ2) is 5.75. The van der Waals surface area contributed by atoms with Crippen LogP contribution in [0.4, 0.5) is 0 Å². The largest absolute Gasteiger partial charge is 0.454 e. The molecular formula is C19H23ClN2O4. The van der Waals surface area contributed by atoms with Gasteiger partial charge in [-0.15, -0.1) is 0 Å². The van der Waals surface area contributed by atoms with Crippen molar-refractivity contribution in [1.82, 2.24) is 9.80 Å². The van der Waals surface area contributed by atoms with Crippen molar-refractivity contribution in [2.24, 2.45) is 5.92 Å². The lowest BCUT2D eigenvalue weighted by Crippen LogP contribution is -2.50. The Balaban J connectivity index is 1.41. The van der Waals surface area contributed by atoms with Crippen molar-refractivity contribution in [3.8, 4) is 11.5 Å². The van der Waals surface area contributed by atoms with Crippen LogP contribution < -0.4 is 9.47 Å². The number of rotatable bonds is 3. The van der Waals surface area contributed by atoms with Gasteiger partial charge in [0.2, 0.25) is 12.7 Å². The van der Waals surface area contributed by atoms with Gasteiger partial charge in [-0.2, -0.15) is 0 Å². The van der Waals surface area contributed by atoms with Crippen molar-refractivity contribution in [2.75, 3.05) is 19.9 Å². The monoisotopic (exact) mass is 378 g/mol. The zero-order valence-corrected chi connectivity index (χ0v) is 15.8. The van der Waals surface area contributed by atoms with E-state index in [0.717, 1.165) is 24.3 Å². The third kappa shape index (κ3) is 2.22. The van der Waals surface area contributed by atoms with Crippen molar-refractivity contribution >= 4 is 17.5 Å². The molecule has 4 aliphatic rings. The third-order valence-electron chi connectivity index (χ3n) is 6.28. The van der Waals surface area contributed by atoms with Crippen LogP contribution in [0.2, 0.25) is 5.02 Å². The quantitative estimate of drug-likeness (QED) is 0.809. The van der Waals surface area contributed by atoms with Gasteiger partial charge in [-0.3, -0.25) is 9.69 Å². The highest BCUT2D eigenvalue weighted by Crippen LogP contribution is 2.49. The molecule has 5 rings (SSSR count). The minimum absolute atomic E-state index is 0.0836. The van der Waals surface area contributed by atoms with Crippen molar-refractivity contribution in [3.05, 3.63) is 22.7 Å². The fourth-order valence-electron chi connectivity index (χ4n) is 4.94. The summed E-state index contributed by atoms with van der Waals surface area (Å²) in [5.41, 5.74) is 0.548. The van der Waals surface area contributed by atoms with Crippen LogP contribution in [0.1, 0.15) is 32.3 Å². The molecule has 3 saturated heterocycles. The van der Waals surface area contributed by atoms with Crippen molar-refractivity contribution < 1.29 is 19.0 Å². The first-order valence-electron chi connectivity index (χ1n) is 9.28. The van der Waals surface area contributed by atoms with E-state index in [1.165, 1.54) is 0 Å². The first kappa shape index (κ1) is 16.7. The molecule has 0 saturated carbocycles. The Morgan fingerprint density at radius 1 is 1.31 bits per heavy atom. The molecule has 26 heavy (non-hydrogen) atoms. The number of likely N-dealkylation sites (tertiary alicyclic amines) is 1. The molecule has 3 fully saturated rings. The Kier molecular flexibility index (Phi) is 3.68. The van der Waals surface area contributed by atoms with E-state index in [1.807, 2.05) is 17.0 Å². The Bertz CT molecular complexity index is 770. The van der Waals surface area contributed by atoms with Gasteiger partial charge in [-0.05, 0) is 17.5 Å². The van der Waals surface area contributed by atoms with Crippen LogP contribution in [0.25, 0.3) is 0 Å². The molecule has 0 radical (unpaired) electrons. The molecule has 0 N–H and O–H groups in total. The van der Waals surface area contributed by atoms with E-state index in [2.05, 4.69) is 18.7 Å². The highest BCUT2D eigenvalue weighted by Gasteiger charge is 2.64. The van der Waals surface area contributed by atoms with Crippen LogP contribution >= 0.6 is 11.6 Å². The zero-order valence-electron chi connectivity index (χ0n) is 15.0.